The highest BCUT2D eigenvalue weighted by Gasteiger charge is 2.57. The minimum Gasteiger partial charge on any atom is -0.370 e. The van der Waals surface area contributed by atoms with Crippen LogP contribution < -0.4 is 22.9 Å². The molecule has 19 heteroatoms. The molecule has 11 nitrogen and oxygen atoms in total. The lowest BCUT2D eigenvalue weighted by molar-refractivity contribution is -0.159. The Morgan fingerprint density at radius 3 is 1.39 bits per heavy atom. The van der Waals surface area contributed by atoms with Gasteiger partial charge in [0.2, 0.25) is 11.8 Å². The molecule has 8 N–H and O–H groups in total. The summed E-state index contributed by atoms with van der Waals surface area (Å²) in [5.74, 6) is -2.49. The third kappa shape index (κ3) is 10.6. The van der Waals surface area contributed by atoms with Crippen molar-refractivity contribution in [3.63, 3.8) is 0 Å². The highest BCUT2D eigenvalue weighted by molar-refractivity contribution is 9.11. The number of hydrogen-bond donors (Lipinski definition) is 4. The van der Waals surface area contributed by atoms with Gasteiger partial charge in [-0.05, 0) is 86.1 Å². The Morgan fingerprint density at radius 2 is 1.02 bits per heavy atom. The molecule has 4 amide bonds. The van der Waals surface area contributed by atoms with E-state index in [-0.39, 0.29) is 57.0 Å². The van der Waals surface area contributed by atoms with Crippen LogP contribution in [-0.4, -0.2) is 65.7 Å². The van der Waals surface area contributed by atoms with Crippen molar-refractivity contribution in [3.05, 3.63) is 67.6 Å². The Hall–Kier alpha value is -3.87. The summed E-state index contributed by atoms with van der Waals surface area (Å²) in [4.78, 5) is 52.0. The normalized spacial score (nSPS) is 15.1. The Kier molecular flexibility index (Phi) is 13.1. The van der Waals surface area contributed by atoms with Gasteiger partial charge in [0.25, 0.3) is 0 Å². The highest BCUT2D eigenvalue weighted by Crippen LogP contribution is 2.42. The van der Waals surface area contributed by atoms with Crippen LogP contribution in [0.2, 0.25) is 0 Å². The summed E-state index contributed by atoms with van der Waals surface area (Å²) in [6.07, 6.45) is -10.8. The van der Waals surface area contributed by atoms with Gasteiger partial charge < -0.3 is 22.9 Å². The lowest BCUT2D eigenvalue weighted by Gasteiger charge is -2.44. The number of barbiturate groups is 1. The third-order valence-electron chi connectivity index (χ3n) is 7.52. The van der Waals surface area contributed by atoms with Gasteiger partial charge in [0.05, 0.1) is 11.1 Å². The number of imide groups is 2. The molecule has 0 bridgehead atoms. The summed E-state index contributed by atoms with van der Waals surface area (Å²) >= 11 is 6.65. The molecular formula is C30H34Br2F6N8O3. The van der Waals surface area contributed by atoms with Crippen LogP contribution >= 0.6 is 31.9 Å². The number of amides is 4. The summed E-state index contributed by atoms with van der Waals surface area (Å²) < 4.78 is 84.1. The van der Waals surface area contributed by atoms with E-state index in [4.69, 9.17) is 22.9 Å². The van der Waals surface area contributed by atoms with Crippen LogP contribution in [0, 0.1) is 5.41 Å². The average Bonchev–Trinajstić information content (AvgIpc) is 2.97. The molecule has 268 valence electrons. The van der Waals surface area contributed by atoms with Crippen LogP contribution in [0.15, 0.2) is 55.3 Å². The van der Waals surface area contributed by atoms with E-state index in [9.17, 15) is 40.7 Å². The van der Waals surface area contributed by atoms with Crippen molar-refractivity contribution >= 4 is 61.6 Å². The predicted molar refractivity (Wildman–Crippen MR) is 177 cm³/mol. The number of rotatable bonds is 14. The van der Waals surface area contributed by atoms with Gasteiger partial charge in [-0.25, -0.2) is 4.79 Å². The molecular weight excluding hydrogens is 794 g/mol. The molecule has 1 fully saturated rings. The molecule has 0 aliphatic carbocycles. The summed E-state index contributed by atoms with van der Waals surface area (Å²) in [5, 5.41) is 0. The van der Waals surface area contributed by atoms with E-state index in [1.54, 1.807) is 18.2 Å². The first kappa shape index (κ1) is 39.6. The fourth-order valence-corrected chi connectivity index (χ4v) is 6.79. The molecule has 2 aromatic carbocycles. The fourth-order valence-electron chi connectivity index (χ4n) is 5.40. The van der Waals surface area contributed by atoms with Crippen LogP contribution in [0.25, 0.3) is 0 Å². The van der Waals surface area contributed by atoms with Crippen LogP contribution in [0.1, 0.15) is 47.9 Å². The highest BCUT2D eigenvalue weighted by atomic mass is 79.9. The van der Waals surface area contributed by atoms with E-state index in [2.05, 4.69) is 41.8 Å². The molecule has 3 rings (SSSR count). The molecule has 0 aromatic heterocycles. The lowest BCUT2D eigenvalue weighted by Crippen LogP contribution is -2.66. The second kappa shape index (κ2) is 16.2. The number of nitrogens with two attached hydrogens (primary N) is 4. The molecule has 1 heterocycles. The van der Waals surface area contributed by atoms with Crippen molar-refractivity contribution in [1.82, 2.24) is 9.80 Å². The number of urea groups is 1. The van der Waals surface area contributed by atoms with Gasteiger partial charge in [0.1, 0.15) is 5.41 Å². The van der Waals surface area contributed by atoms with Gasteiger partial charge in [0.15, 0.2) is 11.9 Å². The molecule has 1 aliphatic rings. The van der Waals surface area contributed by atoms with E-state index in [1.165, 1.54) is 0 Å². The van der Waals surface area contributed by atoms with E-state index < -0.39 is 65.1 Å². The zero-order valence-corrected chi connectivity index (χ0v) is 29.1. The number of unbranched alkanes of at least 4 members (excludes halogenated alkanes) is 2. The zero-order chi connectivity index (χ0) is 36.7. The van der Waals surface area contributed by atoms with Crippen molar-refractivity contribution in [2.24, 2.45) is 38.3 Å². The molecule has 0 atom stereocenters. The lowest BCUT2D eigenvalue weighted by atomic mass is 9.72. The average molecular weight is 828 g/mol. The minimum absolute atomic E-state index is 0.0403. The Labute approximate surface area is 294 Å². The number of benzene rings is 2. The molecule has 0 unspecified atom stereocenters. The van der Waals surface area contributed by atoms with Crippen molar-refractivity contribution < 1.29 is 40.7 Å². The van der Waals surface area contributed by atoms with Crippen LogP contribution in [0.3, 0.4) is 0 Å². The zero-order valence-electron chi connectivity index (χ0n) is 25.9. The van der Waals surface area contributed by atoms with Crippen LogP contribution in [0.5, 0.6) is 0 Å². The summed E-state index contributed by atoms with van der Waals surface area (Å²) in [7, 11) is 0. The first-order valence-corrected chi connectivity index (χ1v) is 16.3. The molecule has 1 aliphatic heterocycles. The molecule has 2 aromatic rings. The SMILES string of the molecule is NC(N)=NCCCCN1C(=O)N(CCCCN=C(N)N)C(=O)C(Cc2cc(Br)cc(Br)c2)(Cc2cc(C(F)(F)F)cc(C(F)(F)F)c2)C1=O. The second-order valence-electron chi connectivity index (χ2n) is 11.4. The maximum Gasteiger partial charge on any atom is 0.416 e. The Bertz CT molecular complexity index is 1510. The van der Waals surface area contributed by atoms with Gasteiger partial charge in [-0.15, -0.1) is 0 Å². The van der Waals surface area contributed by atoms with Crippen LogP contribution in [-0.2, 0) is 34.8 Å². The first-order valence-electron chi connectivity index (χ1n) is 14.8. The summed E-state index contributed by atoms with van der Waals surface area (Å²) in [6.45, 7) is -0.188. The molecule has 0 radical (unpaired) electrons. The fraction of sp³-hybridized carbons (Fsp3) is 0.433. The second-order valence-corrected chi connectivity index (χ2v) is 13.2. The summed E-state index contributed by atoms with van der Waals surface area (Å²) in [6, 6.07) is 4.68. The number of alkyl halides is 6. The molecule has 0 saturated carbocycles. The van der Waals surface area contributed by atoms with E-state index in [0.29, 0.717) is 39.5 Å². The van der Waals surface area contributed by atoms with Crippen molar-refractivity contribution in [2.45, 2.75) is 50.9 Å². The quantitative estimate of drug-likeness (QED) is 0.0685. The van der Waals surface area contributed by atoms with Gasteiger partial charge >= 0.3 is 18.4 Å². The number of carbonyl (C=O) groups is 3. The first-order chi connectivity index (χ1) is 22.7. The van der Waals surface area contributed by atoms with E-state index >= 15 is 0 Å². The van der Waals surface area contributed by atoms with Gasteiger partial charge in [0, 0.05) is 35.1 Å². The van der Waals surface area contributed by atoms with Gasteiger partial charge in [-0.2, -0.15) is 26.3 Å². The number of hydrogen-bond acceptors (Lipinski definition) is 5. The summed E-state index contributed by atoms with van der Waals surface area (Å²) in [5.41, 5.74) is 15.6. The van der Waals surface area contributed by atoms with Gasteiger partial charge in [-0.1, -0.05) is 31.9 Å². The molecule has 1 saturated heterocycles. The number of halogens is 8. The van der Waals surface area contributed by atoms with Crippen molar-refractivity contribution in [2.75, 3.05) is 26.2 Å². The number of aliphatic imine (C=N–C) groups is 2. The maximum absolute atomic E-state index is 14.5. The smallest absolute Gasteiger partial charge is 0.370 e. The maximum atomic E-state index is 14.5. The van der Waals surface area contributed by atoms with Crippen LogP contribution in [0.4, 0.5) is 31.1 Å². The van der Waals surface area contributed by atoms with E-state index in [1.807, 2.05) is 0 Å². The predicted octanol–water partition coefficient (Wildman–Crippen LogP) is 4.92. The standard InChI is InChI=1S/C30H34Br2F6N8O3/c31-21-11-18(12-22(32)14-21)16-28(15-17-9-19(29(33,34)35)13-20(10-17)30(36,37)38)23(47)45(7-3-1-5-43-25(39)40)27(49)46(24(28)48)8-4-2-6-44-26(41)42/h9-14H,1-8,15-16H2,(H4,39,40,43)(H4,41,42,44). The topological polar surface area (TPSA) is 186 Å². The molecule has 0 spiro atoms. The third-order valence-corrected chi connectivity index (χ3v) is 8.44. The van der Waals surface area contributed by atoms with Crippen molar-refractivity contribution in [1.29, 1.82) is 0 Å². The number of carbonyl (C=O) groups excluding carboxylic acids is 3. The van der Waals surface area contributed by atoms with Crippen molar-refractivity contribution in [3.8, 4) is 0 Å². The molecule has 49 heavy (non-hydrogen) atoms. The largest absolute Gasteiger partial charge is 0.416 e. The Morgan fingerprint density at radius 1 is 0.633 bits per heavy atom. The number of nitrogens with zero attached hydrogens (tertiary/aromatic N) is 4. The Balaban J connectivity index is 2.20. The van der Waals surface area contributed by atoms with Gasteiger partial charge in [-0.3, -0.25) is 29.4 Å². The minimum atomic E-state index is -5.18. The van der Waals surface area contributed by atoms with E-state index in [0.717, 1.165) is 9.80 Å². The number of guanidine groups is 2. The monoisotopic (exact) mass is 826 g/mol.